The lowest BCUT2D eigenvalue weighted by Crippen LogP contribution is -2.59. The lowest BCUT2D eigenvalue weighted by molar-refractivity contribution is -0.300. The SMILES string of the molecule is O=C(CCCCCNC(=O)CN(CC(=O)N[C@@H](CCC(=O)NCCO[C@H]1O[C@H](CO)[C@@H](O)[C@H](O)[C@@H]1O)C(=O)NCCO[C@H]1O[C@H](CO)[C@@H](O)[C@H](O)[C@@H]1O)CC(=O)N[C@@H](CCC(=O)NCCO[C@H]1O[C@H](CO)[C@@H](O)[C@H](O)[C@@H]1O)C(=O)NCCO[C@H]1O[C@H](CO)[C@@H](O)[C@H](O)[C@@H]1O)NCCCCCC(=O)ON1C(=O)CCC1=O. The molecule has 0 aromatic rings. The van der Waals surface area contributed by atoms with Crippen molar-refractivity contribution >= 4 is 65.0 Å². The van der Waals surface area contributed by atoms with Gasteiger partial charge >= 0.3 is 5.97 Å². The first-order valence-corrected chi connectivity index (χ1v) is 36.1. The zero-order chi connectivity index (χ0) is 81.1. The van der Waals surface area contributed by atoms with Crippen molar-refractivity contribution in [1.82, 2.24) is 52.5 Å². The summed E-state index contributed by atoms with van der Waals surface area (Å²) in [6.07, 6.45) is -32.4. The molecule has 630 valence electrons. The van der Waals surface area contributed by atoms with E-state index < -0.39 is 292 Å². The highest BCUT2D eigenvalue weighted by atomic mass is 16.7. The van der Waals surface area contributed by atoms with Crippen LogP contribution < -0.4 is 42.5 Å². The minimum absolute atomic E-state index is 0.00374. The number of hydrogen-bond acceptors (Lipinski definition) is 37. The highest BCUT2D eigenvalue weighted by molar-refractivity contribution is 6.01. The number of hydroxylamine groups is 2. The number of nitrogens with one attached hydrogen (secondary N) is 8. The standard InChI is InChI=1S/C64H108N10O36/c75-28-34-47(88)51(92)55(96)61(106-34)102-21-17-67-39(80)11-9-32(59(100)69-19-23-104-63-57(98)53(94)49(90)36(30-77)108-63)71-42(83)26-73(25-41(82)66-16-5-1-3-7-38(79)65-15-6-2-4-8-46(87)110-74-44(85)13-14-45(74)86)27-43(84)72-33(60(101)70-20-24-105-64-58(99)54(95)50(91)37(31-78)109-64)10-12-40(81)68-18-22-103-62-56(97)52(93)48(89)35(29-76)107-62/h32-37,47-58,61-64,75-78,88-99H,1-31H2,(H,65,79)(H,66,82)(H,67,80)(H,68,81)(H,69,100)(H,70,101)(H,71,83)(H,72,84)/t32-,33-,34+,35+,36+,37+,47+,48+,49+,50+,51-,52-,53-,54-,55-,56-,57-,58-,61-,62-,63-,64-/m0/s1. The number of rotatable bonds is 49. The third-order valence-electron chi connectivity index (χ3n) is 17.9. The van der Waals surface area contributed by atoms with E-state index in [-0.39, 0.29) is 71.0 Å². The molecule has 0 unspecified atom stereocenters. The van der Waals surface area contributed by atoms with E-state index in [1.54, 1.807) is 0 Å². The van der Waals surface area contributed by atoms with Gasteiger partial charge < -0.3 is 167 Å². The van der Waals surface area contributed by atoms with Gasteiger partial charge in [0.15, 0.2) is 25.2 Å². The number of aliphatic hydroxyl groups is 16. The minimum Gasteiger partial charge on any atom is -0.394 e. The number of amides is 10. The van der Waals surface area contributed by atoms with Crippen LogP contribution in [-0.2, 0) is 95.5 Å². The van der Waals surface area contributed by atoms with Gasteiger partial charge in [-0.25, -0.2) is 4.79 Å². The number of carbonyl (C=O) groups is 11. The van der Waals surface area contributed by atoms with Gasteiger partial charge in [-0.2, -0.15) is 0 Å². The van der Waals surface area contributed by atoms with Crippen molar-refractivity contribution in [3.8, 4) is 0 Å². The lowest BCUT2D eigenvalue weighted by atomic mass is 9.99. The van der Waals surface area contributed by atoms with Gasteiger partial charge in [-0.3, -0.25) is 52.8 Å². The van der Waals surface area contributed by atoms with Crippen molar-refractivity contribution in [3.63, 3.8) is 0 Å². The topological polar surface area (TPSA) is 697 Å². The summed E-state index contributed by atoms with van der Waals surface area (Å²) in [5.41, 5.74) is 0. The van der Waals surface area contributed by atoms with Crippen LogP contribution in [0.2, 0.25) is 0 Å². The van der Waals surface area contributed by atoms with Gasteiger partial charge in [0.25, 0.3) is 11.8 Å². The van der Waals surface area contributed by atoms with E-state index in [1.165, 1.54) is 0 Å². The molecular weight excluding hydrogens is 1480 g/mol. The fourth-order valence-electron chi connectivity index (χ4n) is 11.6. The van der Waals surface area contributed by atoms with E-state index >= 15 is 0 Å². The van der Waals surface area contributed by atoms with Crippen LogP contribution in [0.4, 0.5) is 0 Å². The number of nitrogens with zero attached hydrogens (tertiary/aromatic N) is 2. The van der Waals surface area contributed by atoms with Crippen molar-refractivity contribution in [2.45, 2.75) is 225 Å². The molecule has 46 heteroatoms. The number of ether oxygens (including phenoxy) is 8. The second kappa shape index (κ2) is 49.1. The summed E-state index contributed by atoms with van der Waals surface area (Å²) < 4.78 is 43.0. The van der Waals surface area contributed by atoms with Crippen LogP contribution in [0.15, 0.2) is 0 Å². The minimum atomic E-state index is -1.82. The van der Waals surface area contributed by atoms with Gasteiger partial charge in [-0.05, 0) is 38.5 Å². The molecular formula is C64H108N10O36. The van der Waals surface area contributed by atoms with Crippen LogP contribution in [0.25, 0.3) is 0 Å². The maximum atomic E-state index is 14.2. The molecule has 22 atom stereocenters. The predicted octanol–water partition coefficient (Wildman–Crippen LogP) is -14.5. The first-order chi connectivity index (χ1) is 52.4. The first-order valence-electron chi connectivity index (χ1n) is 36.1. The zero-order valence-corrected chi connectivity index (χ0v) is 60.3. The molecule has 5 heterocycles. The van der Waals surface area contributed by atoms with Crippen LogP contribution in [-0.4, -0.2) is 403 Å². The Morgan fingerprint density at radius 1 is 0.364 bits per heavy atom. The second-order valence-corrected chi connectivity index (χ2v) is 26.4. The molecule has 0 radical (unpaired) electrons. The molecule has 5 aliphatic rings. The van der Waals surface area contributed by atoms with Gasteiger partial charge in [-0.15, -0.1) is 5.06 Å². The van der Waals surface area contributed by atoms with Gasteiger partial charge in [0.2, 0.25) is 47.3 Å². The molecule has 5 rings (SSSR count). The number of carbonyl (C=O) groups excluding carboxylic acids is 11. The third kappa shape index (κ3) is 30.7. The number of imide groups is 1. The summed E-state index contributed by atoms with van der Waals surface area (Å²) in [5, 5.41) is 182. The van der Waals surface area contributed by atoms with E-state index in [1.807, 2.05) is 0 Å². The summed E-state index contributed by atoms with van der Waals surface area (Å²) in [4.78, 5) is 150. The summed E-state index contributed by atoms with van der Waals surface area (Å²) in [6, 6.07) is -3.26. The van der Waals surface area contributed by atoms with Crippen LogP contribution in [0.1, 0.15) is 89.9 Å². The predicted molar refractivity (Wildman–Crippen MR) is 360 cm³/mol. The van der Waals surface area contributed by atoms with Gasteiger partial charge in [-0.1, -0.05) is 12.8 Å². The van der Waals surface area contributed by atoms with Crippen molar-refractivity contribution < 1.29 is 177 Å². The molecule has 0 aromatic carbocycles. The maximum absolute atomic E-state index is 14.2. The second-order valence-electron chi connectivity index (χ2n) is 26.4. The summed E-state index contributed by atoms with van der Waals surface area (Å²) in [5.74, 6) is -8.59. The molecule has 5 aliphatic heterocycles. The van der Waals surface area contributed by atoms with E-state index in [0.29, 0.717) is 43.6 Å². The zero-order valence-electron chi connectivity index (χ0n) is 60.3. The van der Waals surface area contributed by atoms with Crippen LogP contribution in [0.5, 0.6) is 0 Å². The number of unbranched alkanes of at least 4 members (excludes halogenated alkanes) is 4. The van der Waals surface area contributed by atoms with Crippen LogP contribution in [0.3, 0.4) is 0 Å². The van der Waals surface area contributed by atoms with E-state index in [9.17, 15) is 134 Å². The molecule has 110 heavy (non-hydrogen) atoms. The van der Waals surface area contributed by atoms with E-state index in [4.69, 9.17) is 42.7 Å². The van der Waals surface area contributed by atoms with E-state index in [2.05, 4.69) is 42.5 Å². The Kier molecular flexibility index (Phi) is 41.9. The molecule has 0 aliphatic carbocycles. The van der Waals surface area contributed by atoms with Gasteiger partial charge in [0, 0.05) is 77.8 Å². The highest BCUT2D eigenvalue weighted by Crippen LogP contribution is 2.26. The molecule has 0 spiro atoms. The Morgan fingerprint density at radius 2 is 0.664 bits per heavy atom. The molecule has 24 N–H and O–H groups in total. The highest BCUT2D eigenvalue weighted by Gasteiger charge is 2.48. The molecule has 5 saturated heterocycles. The fourth-order valence-corrected chi connectivity index (χ4v) is 11.6. The largest absolute Gasteiger partial charge is 0.394 e. The smallest absolute Gasteiger partial charge is 0.333 e. The Balaban J connectivity index is 1.26. The summed E-state index contributed by atoms with van der Waals surface area (Å²) >= 11 is 0. The maximum Gasteiger partial charge on any atom is 0.333 e. The quantitative estimate of drug-likeness (QED) is 0.0199. The third-order valence-corrected chi connectivity index (χ3v) is 17.9. The van der Waals surface area contributed by atoms with E-state index in [0.717, 1.165) is 4.90 Å². The van der Waals surface area contributed by atoms with Crippen molar-refractivity contribution in [1.29, 1.82) is 0 Å². The molecule has 0 saturated carbocycles. The van der Waals surface area contributed by atoms with Gasteiger partial charge in [0.05, 0.1) is 72.5 Å². The Hall–Kier alpha value is -6.63. The monoisotopic (exact) mass is 1590 g/mol. The average Bonchev–Trinajstić information content (AvgIpc) is 1.60. The Morgan fingerprint density at radius 3 is 1.01 bits per heavy atom. The average molecular weight is 1590 g/mol. The fraction of sp³-hybridized carbons (Fsp3) is 0.828. The molecule has 5 fully saturated rings. The lowest BCUT2D eigenvalue weighted by Gasteiger charge is -2.39. The Bertz CT molecular complexity index is 2740. The Labute approximate surface area is 629 Å². The number of aliphatic hydroxyl groups excluding tert-OH is 16. The van der Waals surface area contributed by atoms with Gasteiger partial charge in [0.1, 0.15) is 110 Å². The molecule has 0 aromatic heterocycles. The summed E-state index contributed by atoms with van der Waals surface area (Å²) in [6.45, 7) is -8.40. The first kappa shape index (κ1) is 94.0. The number of hydrogen-bond donors (Lipinski definition) is 24. The van der Waals surface area contributed by atoms with Crippen molar-refractivity contribution in [3.05, 3.63) is 0 Å². The molecule has 46 nitrogen and oxygen atoms in total. The van der Waals surface area contributed by atoms with Crippen LogP contribution in [0, 0.1) is 0 Å². The van der Waals surface area contributed by atoms with Crippen LogP contribution >= 0.6 is 0 Å². The normalized spacial score (nSPS) is 29.5. The molecule has 10 amide bonds. The van der Waals surface area contributed by atoms with Crippen molar-refractivity contribution in [2.24, 2.45) is 0 Å². The molecule has 0 bridgehead atoms. The summed E-state index contributed by atoms with van der Waals surface area (Å²) in [7, 11) is 0. The van der Waals surface area contributed by atoms with Crippen molar-refractivity contribution in [2.75, 3.05) is 112 Å².